The van der Waals surface area contributed by atoms with Gasteiger partial charge in [-0.2, -0.15) is 0 Å². The van der Waals surface area contributed by atoms with Gasteiger partial charge in [-0.15, -0.1) is 0 Å². The van der Waals surface area contributed by atoms with Crippen LogP contribution < -0.4 is 15.4 Å². The number of hydrogen-bond acceptors (Lipinski definition) is 3. The third-order valence-electron chi connectivity index (χ3n) is 3.64. The Morgan fingerprint density at radius 1 is 1.08 bits per heavy atom. The molecule has 0 aromatic heterocycles. The summed E-state index contributed by atoms with van der Waals surface area (Å²) in [4.78, 5) is 23.7. The van der Waals surface area contributed by atoms with Crippen LogP contribution in [0.5, 0.6) is 5.75 Å². The lowest BCUT2D eigenvalue weighted by molar-refractivity contribution is -0.118. The van der Waals surface area contributed by atoms with Gasteiger partial charge in [-0.3, -0.25) is 9.59 Å². The molecule has 25 heavy (non-hydrogen) atoms. The average Bonchev–Trinajstić information content (AvgIpc) is 3.41. The second-order valence-electron chi connectivity index (χ2n) is 5.75. The summed E-state index contributed by atoms with van der Waals surface area (Å²) < 4.78 is 6.14. The van der Waals surface area contributed by atoms with Gasteiger partial charge in [0.05, 0.1) is 4.47 Å². The lowest BCUT2D eigenvalue weighted by Gasteiger charge is -2.10. The maximum atomic E-state index is 12.0. The number of ether oxygens (including phenoxy) is 1. The van der Waals surface area contributed by atoms with E-state index in [4.69, 9.17) is 16.3 Å². The lowest BCUT2D eigenvalue weighted by atomic mass is 10.2. The van der Waals surface area contributed by atoms with Gasteiger partial charge < -0.3 is 15.4 Å². The zero-order valence-corrected chi connectivity index (χ0v) is 15.6. The number of halogens is 2. The van der Waals surface area contributed by atoms with Crippen molar-refractivity contribution >= 4 is 50.7 Å². The molecule has 0 radical (unpaired) electrons. The maximum Gasteiger partial charge on any atom is 0.262 e. The van der Waals surface area contributed by atoms with Crippen LogP contribution in [0.4, 0.5) is 11.4 Å². The normalized spacial score (nSPS) is 13.2. The van der Waals surface area contributed by atoms with E-state index in [0.29, 0.717) is 20.9 Å². The Morgan fingerprint density at radius 3 is 2.32 bits per heavy atom. The first-order chi connectivity index (χ1) is 12.0. The van der Waals surface area contributed by atoms with Crippen molar-refractivity contribution in [3.8, 4) is 5.75 Å². The minimum absolute atomic E-state index is 0.0544. The first kappa shape index (κ1) is 17.8. The number of rotatable bonds is 6. The molecule has 1 aliphatic rings. The fourth-order valence-electron chi connectivity index (χ4n) is 2.16. The molecule has 0 unspecified atom stereocenters. The molecule has 0 aliphatic heterocycles. The Kier molecular flexibility index (Phi) is 5.60. The van der Waals surface area contributed by atoms with Crippen molar-refractivity contribution in [2.24, 2.45) is 5.92 Å². The van der Waals surface area contributed by atoms with E-state index >= 15 is 0 Å². The van der Waals surface area contributed by atoms with Gasteiger partial charge in [-0.25, -0.2) is 0 Å². The molecule has 0 saturated heterocycles. The number of amides is 2. The smallest absolute Gasteiger partial charge is 0.262 e. The summed E-state index contributed by atoms with van der Waals surface area (Å²) in [6.07, 6.45) is 1.92. The van der Waals surface area contributed by atoms with Gasteiger partial charge in [0.1, 0.15) is 5.75 Å². The largest absolute Gasteiger partial charge is 0.483 e. The fourth-order valence-corrected chi connectivity index (χ4v) is 2.96. The van der Waals surface area contributed by atoms with Crippen molar-refractivity contribution in [2.75, 3.05) is 17.2 Å². The molecule has 0 atom stereocenters. The monoisotopic (exact) mass is 422 g/mol. The van der Waals surface area contributed by atoms with Crippen molar-refractivity contribution in [1.82, 2.24) is 0 Å². The van der Waals surface area contributed by atoms with Crippen molar-refractivity contribution in [2.45, 2.75) is 12.8 Å². The third-order valence-corrected chi connectivity index (χ3v) is 4.49. The van der Waals surface area contributed by atoms with E-state index in [1.807, 2.05) is 0 Å². The number of hydrogen-bond donors (Lipinski definition) is 2. The molecule has 1 saturated carbocycles. The molecule has 1 fully saturated rings. The van der Waals surface area contributed by atoms with E-state index in [9.17, 15) is 9.59 Å². The Hall–Kier alpha value is -2.05. The quantitative estimate of drug-likeness (QED) is 0.720. The van der Waals surface area contributed by atoms with Crippen molar-refractivity contribution in [3.63, 3.8) is 0 Å². The molecular weight excluding hydrogens is 408 g/mol. The lowest BCUT2D eigenvalue weighted by Crippen LogP contribution is -2.20. The van der Waals surface area contributed by atoms with E-state index < -0.39 is 0 Å². The highest BCUT2D eigenvalue weighted by Gasteiger charge is 2.29. The maximum absolute atomic E-state index is 12.0. The Morgan fingerprint density at radius 2 is 1.72 bits per heavy atom. The van der Waals surface area contributed by atoms with Crippen LogP contribution in [0.25, 0.3) is 0 Å². The molecule has 2 aromatic rings. The van der Waals surface area contributed by atoms with Gasteiger partial charge in [0, 0.05) is 22.3 Å². The van der Waals surface area contributed by atoms with Crippen LogP contribution in [0.15, 0.2) is 46.9 Å². The van der Waals surface area contributed by atoms with Crippen LogP contribution in [-0.4, -0.2) is 18.4 Å². The zero-order valence-electron chi connectivity index (χ0n) is 13.2. The van der Waals surface area contributed by atoms with Gasteiger partial charge in [-0.1, -0.05) is 11.6 Å². The molecule has 0 heterocycles. The summed E-state index contributed by atoms with van der Waals surface area (Å²) in [5, 5.41) is 6.17. The summed E-state index contributed by atoms with van der Waals surface area (Å²) in [7, 11) is 0. The Balaban J connectivity index is 1.49. The first-order valence-electron chi connectivity index (χ1n) is 7.80. The second-order valence-corrected chi connectivity index (χ2v) is 7.04. The highest BCUT2D eigenvalue weighted by Crippen LogP contribution is 2.30. The van der Waals surface area contributed by atoms with E-state index in [1.165, 1.54) is 0 Å². The highest BCUT2D eigenvalue weighted by molar-refractivity contribution is 9.10. The molecule has 130 valence electrons. The van der Waals surface area contributed by atoms with Gasteiger partial charge in [0.25, 0.3) is 5.91 Å². The molecule has 1 aliphatic carbocycles. The molecule has 7 heteroatoms. The number of nitrogens with one attached hydrogen (secondary N) is 2. The van der Waals surface area contributed by atoms with E-state index in [1.54, 1.807) is 42.5 Å². The predicted octanol–water partition coefficient (Wildman–Crippen LogP) is 4.47. The van der Waals surface area contributed by atoms with Crippen molar-refractivity contribution in [3.05, 3.63) is 52.0 Å². The van der Waals surface area contributed by atoms with Crippen LogP contribution >= 0.6 is 27.5 Å². The van der Waals surface area contributed by atoms with Gasteiger partial charge >= 0.3 is 0 Å². The summed E-state index contributed by atoms with van der Waals surface area (Å²) in [5.74, 6) is 0.469. The SMILES string of the molecule is O=C(COc1ccc(Cl)cc1Br)Nc1ccc(NC(=O)C2CC2)cc1. The number of carbonyl (C=O) groups excluding carboxylic acids is 2. The van der Waals surface area contributed by atoms with E-state index in [-0.39, 0.29) is 24.3 Å². The van der Waals surface area contributed by atoms with Gasteiger partial charge in [0.2, 0.25) is 5.91 Å². The van der Waals surface area contributed by atoms with Crippen LogP contribution in [-0.2, 0) is 9.59 Å². The molecular formula is C18H16BrClN2O3. The van der Waals surface area contributed by atoms with E-state index in [0.717, 1.165) is 18.5 Å². The second kappa shape index (κ2) is 7.89. The topological polar surface area (TPSA) is 67.4 Å². The molecule has 2 amide bonds. The zero-order chi connectivity index (χ0) is 17.8. The summed E-state index contributed by atoms with van der Waals surface area (Å²) in [5.41, 5.74) is 1.35. The fraction of sp³-hybridized carbons (Fsp3) is 0.222. The van der Waals surface area contributed by atoms with E-state index in [2.05, 4.69) is 26.6 Å². The average molecular weight is 424 g/mol. The molecule has 5 nitrogen and oxygen atoms in total. The highest BCUT2D eigenvalue weighted by atomic mass is 79.9. The standard InChI is InChI=1S/C18H16BrClN2O3/c19-15-9-12(20)3-8-16(15)25-10-17(23)21-13-4-6-14(7-5-13)22-18(24)11-1-2-11/h3-9,11H,1-2,10H2,(H,21,23)(H,22,24). The number of anilines is 2. The summed E-state index contributed by atoms with van der Waals surface area (Å²) in [6, 6.07) is 12.1. The minimum atomic E-state index is -0.281. The molecule has 3 rings (SSSR count). The molecule has 0 bridgehead atoms. The Labute approximate surface area is 158 Å². The van der Waals surface area contributed by atoms with Crippen LogP contribution in [0.3, 0.4) is 0 Å². The van der Waals surface area contributed by atoms with Crippen LogP contribution in [0.1, 0.15) is 12.8 Å². The molecule has 0 spiro atoms. The summed E-state index contributed by atoms with van der Waals surface area (Å²) in [6.45, 7) is -0.125. The van der Waals surface area contributed by atoms with Crippen molar-refractivity contribution in [1.29, 1.82) is 0 Å². The first-order valence-corrected chi connectivity index (χ1v) is 8.97. The summed E-state index contributed by atoms with van der Waals surface area (Å²) >= 11 is 9.19. The van der Waals surface area contributed by atoms with Crippen LogP contribution in [0, 0.1) is 5.92 Å². The van der Waals surface area contributed by atoms with Gasteiger partial charge in [-0.05, 0) is 71.2 Å². The third kappa shape index (κ3) is 5.21. The molecule has 2 N–H and O–H groups in total. The number of carbonyl (C=O) groups is 2. The minimum Gasteiger partial charge on any atom is -0.483 e. The Bertz CT molecular complexity index is 791. The van der Waals surface area contributed by atoms with Gasteiger partial charge in [0.15, 0.2) is 6.61 Å². The van der Waals surface area contributed by atoms with Crippen molar-refractivity contribution < 1.29 is 14.3 Å². The predicted molar refractivity (Wildman–Crippen MR) is 101 cm³/mol. The number of benzene rings is 2. The van der Waals surface area contributed by atoms with Crippen LogP contribution in [0.2, 0.25) is 5.02 Å². The molecule has 2 aromatic carbocycles.